The molecule has 1 aliphatic heterocycles. The Hall–Kier alpha value is -3.58. The van der Waals surface area contributed by atoms with Crippen LogP contribution in [0, 0.1) is 5.92 Å². The van der Waals surface area contributed by atoms with E-state index in [9.17, 15) is 0 Å². The Balaban J connectivity index is 1.37. The minimum Gasteiger partial charge on any atom is -0.374 e. The first-order valence-electron chi connectivity index (χ1n) is 14.2. The summed E-state index contributed by atoms with van der Waals surface area (Å²) in [5.41, 5.74) is 4.33. The largest absolute Gasteiger partial charge is 0.374 e. The number of hydrogen-bond donors (Lipinski definition) is 0. The van der Waals surface area contributed by atoms with Crippen LogP contribution < -0.4 is 0 Å². The zero-order valence-electron chi connectivity index (χ0n) is 23.3. The predicted octanol–water partition coefficient (Wildman–Crippen LogP) is 7.12. The van der Waals surface area contributed by atoms with Crippen LogP contribution >= 0.6 is 0 Å². The molecule has 0 aliphatic carbocycles. The molecule has 5 atom stereocenters. The minimum atomic E-state index is -0.574. The van der Waals surface area contributed by atoms with Gasteiger partial charge in [-0.1, -0.05) is 127 Å². The topological polar surface area (TPSA) is 46.2 Å². The summed E-state index contributed by atoms with van der Waals surface area (Å²) in [6.45, 7) is 6.22. The lowest BCUT2D eigenvalue weighted by atomic mass is 9.90. The molecule has 0 spiro atoms. The van der Waals surface area contributed by atoms with Crippen molar-refractivity contribution in [3.63, 3.8) is 0 Å². The van der Waals surface area contributed by atoms with Gasteiger partial charge < -0.3 is 23.7 Å². The molecule has 4 aromatic rings. The fourth-order valence-corrected chi connectivity index (χ4v) is 5.02. The molecule has 1 fully saturated rings. The van der Waals surface area contributed by atoms with Crippen LogP contribution in [0.3, 0.4) is 0 Å². The van der Waals surface area contributed by atoms with E-state index in [-0.39, 0.29) is 12.0 Å². The summed E-state index contributed by atoms with van der Waals surface area (Å²) in [5, 5.41) is 0. The van der Waals surface area contributed by atoms with Gasteiger partial charge in [0.2, 0.25) is 0 Å². The van der Waals surface area contributed by atoms with Gasteiger partial charge in [-0.25, -0.2) is 0 Å². The SMILES string of the molecule is C=C[C@H]1C(OCc2ccccc2)O[C@H](COCc2ccccc2)[C@@H](OCc2ccccc2)[C@@H]1OCc1ccccc1. The van der Waals surface area contributed by atoms with E-state index < -0.39 is 18.5 Å². The molecular weight excluding hydrogens is 512 g/mol. The molecule has 1 unspecified atom stereocenters. The fraction of sp³-hybridized carbons (Fsp3) is 0.278. The molecule has 0 radical (unpaired) electrons. The average Bonchev–Trinajstić information content (AvgIpc) is 3.04. The molecular formula is C36H38O5. The highest BCUT2D eigenvalue weighted by molar-refractivity contribution is 5.16. The first-order chi connectivity index (χ1) is 20.3. The van der Waals surface area contributed by atoms with Crippen molar-refractivity contribution in [2.75, 3.05) is 6.61 Å². The zero-order chi connectivity index (χ0) is 28.1. The van der Waals surface area contributed by atoms with Gasteiger partial charge in [0.1, 0.15) is 12.2 Å². The fourth-order valence-electron chi connectivity index (χ4n) is 5.02. The normalized spacial score (nSPS) is 22.3. The molecule has 212 valence electrons. The Morgan fingerprint density at radius 3 is 1.41 bits per heavy atom. The van der Waals surface area contributed by atoms with E-state index in [1.807, 2.05) is 91.0 Å². The summed E-state index contributed by atoms with van der Waals surface area (Å²) in [6.07, 6.45) is 0.103. The van der Waals surface area contributed by atoms with Crippen molar-refractivity contribution >= 4 is 0 Å². The Morgan fingerprint density at radius 2 is 0.951 bits per heavy atom. The summed E-state index contributed by atoms with van der Waals surface area (Å²) in [5.74, 6) is -0.256. The maximum Gasteiger partial charge on any atom is 0.167 e. The smallest absolute Gasteiger partial charge is 0.167 e. The predicted molar refractivity (Wildman–Crippen MR) is 160 cm³/mol. The van der Waals surface area contributed by atoms with Crippen molar-refractivity contribution in [1.82, 2.24) is 0 Å². The van der Waals surface area contributed by atoms with Crippen LogP contribution in [0.15, 0.2) is 134 Å². The van der Waals surface area contributed by atoms with Crippen LogP contribution in [0.5, 0.6) is 0 Å². The molecule has 0 saturated carbocycles. The summed E-state index contributed by atoms with van der Waals surface area (Å²) in [4.78, 5) is 0. The Morgan fingerprint density at radius 1 is 0.537 bits per heavy atom. The first-order valence-corrected chi connectivity index (χ1v) is 14.2. The second-order valence-corrected chi connectivity index (χ2v) is 10.2. The quantitative estimate of drug-likeness (QED) is 0.157. The highest BCUT2D eigenvalue weighted by atomic mass is 16.7. The molecule has 5 heteroatoms. The van der Waals surface area contributed by atoms with Crippen molar-refractivity contribution in [3.8, 4) is 0 Å². The Labute approximate surface area is 243 Å². The second-order valence-electron chi connectivity index (χ2n) is 10.2. The van der Waals surface area contributed by atoms with Crippen LogP contribution in [0.1, 0.15) is 22.3 Å². The third-order valence-electron chi connectivity index (χ3n) is 7.19. The lowest BCUT2D eigenvalue weighted by Crippen LogP contribution is -2.57. The van der Waals surface area contributed by atoms with E-state index in [0.29, 0.717) is 33.0 Å². The van der Waals surface area contributed by atoms with Crippen molar-refractivity contribution in [2.24, 2.45) is 5.92 Å². The monoisotopic (exact) mass is 550 g/mol. The van der Waals surface area contributed by atoms with E-state index in [1.54, 1.807) is 0 Å². The van der Waals surface area contributed by atoms with Crippen molar-refractivity contribution in [2.45, 2.75) is 51.0 Å². The van der Waals surface area contributed by atoms with Gasteiger partial charge in [0, 0.05) is 0 Å². The number of benzene rings is 4. The minimum absolute atomic E-state index is 0.256. The molecule has 5 nitrogen and oxygen atoms in total. The summed E-state index contributed by atoms with van der Waals surface area (Å²) >= 11 is 0. The Bertz CT molecular complexity index is 1280. The lowest BCUT2D eigenvalue weighted by Gasteiger charge is -2.45. The van der Waals surface area contributed by atoms with Gasteiger partial charge in [0.15, 0.2) is 6.29 Å². The molecule has 0 amide bonds. The van der Waals surface area contributed by atoms with E-state index >= 15 is 0 Å². The number of rotatable bonds is 14. The van der Waals surface area contributed by atoms with Crippen LogP contribution in [0.2, 0.25) is 0 Å². The van der Waals surface area contributed by atoms with Crippen molar-refractivity contribution in [1.29, 1.82) is 0 Å². The molecule has 4 aromatic carbocycles. The summed E-state index contributed by atoms with van der Waals surface area (Å²) < 4.78 is 32.4. The highest BCUT2D eigenvalue weighted by Crippen LogP contribution is 2.34. The molecule has 0 N–H and O–H groups in total. The zero-order valence-corrected chi connectivity index (χ0v) is 23.3. The second kappa shape index (κ2) is 15.4. The van der Waals surface area contributed by atoms with Gasteiger partial charge in [-0.15, -0.1) is 6.58 Å². The van der Waals surface area contributed by atoms with E-state index in [1.165, 1.54) is 0 Å². The van der Waals surface area contributed by atoms with Crippen LogP contribution in [-0.2, 0) is 50.1 Å². The van der Waals surface area contributed by atoms with Gasteiger partial charge in [0.25, 0.3) is 0 Å². The van der Waals surface area contributed by atoms with Crippen LogP contribution in [-0.4, -0.2) is 31.2 Å². The Kier molecular flexibility index (Phi) is 10.9. The van der Waals surface area contributed by atoms with E-state index in [2.05, 4.69) is 43.0 Å². The molecule has 5 rings (SSSR count). The summed E-state index contributed by atoms with van der Waals surface area (Å²) in [7, 11) is 0. The summed E-state index contributed by atoms with van der Waals surface area (Å²) in [6, 6.07) is 40.5. The molecule has 1 heterocycles. The van der Waals surface area contributed by atoms with E-state index in [0.717, 1.165) is 22.3 Å². The van der Waals surface area contributed by atoms with Crippen LogP contribution in [0.25, 0.3) is 0 Å². The van der Waals surface area contributed by atoms with Gasteiger partial charge in [-0.3, -0.25) is 0 Å². The lowest BCUT2D eigenvalue weighted by molar-refractivity contribution is -0.299. The molecule has 0 bridgehead atoms. The van der Waals surface area contributed by atoms with Crippen molar-refractivity contribution < 1.29 is 23.7 Å². The van der Waals surface area contributed by atoms with Gasteiger partial charge >= 0.3 is 0 Å². The maximum absolute atomic E-state index is 6.64. The molecule has 41 heavy (non-hydrogen) atoms. The van der Waals surface area contributed by atoms with Gasteiger partial charge in [-0.2, -0.15) is 0 Å². The third-order valence-corrected chi connectivity index (χ3v) is 7.19. The number of ether oxygens (including phenoxy) is 5. The average molecular weight is 551 g/mol. The van der Waals surface area contributed by atoms with Crippen molar-refractivity contribution in [3.05, 3.63) is 156 Å². The van der Waals surface area contributed by atoms with Gasteiger partial charge in [-0.05, 0) is 22.3 Å². The molecule has 1 aliphatic rings. The number of hydrogen-bond acceptors (Lipinski definition) is 5. The molecule has 0 aromatic heterocycles. The van der Waals surface area contributed by atoms with E-state index in [4.69, 9.17) is 23.7 Å². The first kappa shape index (κ1) is 28.9. The highest BCUT2D eigenvalue weighted by Gasteiger charge is 2.47. The maximum atomic E-state index is 6.64. The third kappa shape index (κ3) is 8.46. The van der Waals surface area contributed by atoms with Gasteiger partial charge in [0.05, 0.1) is 45.1 Å². The molecule has 1 saturated heterocycles. The van der Waals surface area contributed by atoms with Crippen LogP contribution in [0.4, 0.5) is 0 Å². The standard InChI is InChI=1S/C36H38O5/c1-2-32-34(38-24-29-17-9-4-10-18-29)35(39-25-30-19-11-5-12-20-30)33(27-37-23-28-15-7-3-8-16-28)41-36(32)40-26-31-21-13-6-14-22-31/h2-22,32-36H,1,23-27H2/t32-,33-,34-,35-,36?/m1/s1.